The van der Waals surface area contributed by atoms with Crippen molar-refractivity contribution in [1.82, 2.24) is 20.2 Å². The number of halogens is 2. The van der Waals surface area contributed by atoms with E-state index in [1.54, 1.807) is 6.20 Å². The summed E-state index contributed by atoms with van der Waals surface area (Å²) in [6.45, 7) is 0. The fraction of sp³-hybridized carbons (Fsp3) is 0.517. The first kappa shape index (κ1) is 24.9. The smallest absolute Gasteiger partial charge is 0.227 e. The summed E-state index contributed by atoms with van der Waals surface area (Å²) >= 11 is 0. The van der Waals surface area contributed by atoms with Crippen LogP contribution in [-0.2, 0) is 17.6 Å². The highest BCUT2D eigenvalue weighted by Gasteiger charge is 2.30. The number of benzene rings is 1. The van der Waals surface area contributed by atoms with E-state index in [2.05, 4.69) is 31.5 Å². The number of fused-ring (bicyclic) bond motifs is 1. The molecule has 3 aliphatic carbocycles. The van der Waals surface area contributed by atoms with E-state index in [0.29, 0.717) is 49.5 Å². The molecule has 7 nitrogen and oxygen atoms in total. The summed E-state index contributed by atoms with van der Waals surface area (Å²) in [5, 5.41) is 10.7. The number of carbonyl (C=O) groups is 1. The van der Waals surface area contributed by atoms with Crippen molar-refractivity contribution in [2.75, 3.05) is 17.3 Å². The van der Waals surface area contributed by atoms with Gasteiger partial charge in [-0.3, -0.25) is 9.89 Å². The molecule has 9 heteroatoms. The standard InChI is InChI=1S/C29H34F2N6O/c1-37(29-32-9-8-27(34-29)33-28-16-26(35-36-28)19-4-5-19)22-6-2-17(3-7-22)12-23(38)13-18-10-20-14-24(30)25(31)15-21(20)11-18/h8-9,14-19,22H,2-7,10-13H2,1H3,(H2,32,33,34,35,36). The van der Waals surface area contributed by atoms with E-state index >= 15 is 0 Å². The Morgan fingerprint density at radius 3 is 2.34 bits per heavy atom. The molecule has 0 bridgehead atoms. The predicted molar refractivity (Wildman–Crippen MR) is 142 cm³/mol. The molecule has 6 rings (SSSR count). The lowest BCUT2D eigenvalue weighted by molar-refractivity contribution is -0.121. The number of nitrogens with one attached hydrogen (secondary N) is 2. The number of H-pyrrole nitrogens is 1. The Kier molecular flexibility index (Phi) is 6.84. The Hall–Kier alpha value is -3.36. The fourth-order valence-corrected chi connectivity index (χ4v) is 6.20. The first-order valence-electron chi connectivity index (χ1n) is 13.8. The van der Waals surface area contributed by atoms with Gasteiger partial charge in [0.1, 0.15) is 11.6 Å². The Balaban J connectivity index is 0.972. The maximum absolute atomic E-state index is 13.5. The molecule has 2 N–H and O–H groups in total. The Labute approximate surface area is 221 Å². The zero-order valence-corrected chi connectivity index (χ0v) is 21.7. The summed E-state index contributed by atoms with van der Waals surface area (Å²) < 4.78 is 27.1. The zero-order valence-electron chi connectivity index (χ0n) is 21.7. The molecule has 2 saturated carbocycles. The second-order valence-corrected chi connectivity index (χ2v) is 11.4. The summed E-state index contributed by atoms with van der Waals surface area (Å²) in [6.07, 6.45) is 10.6. The van der Waals surface area contributed by atoms with Crippen molar-refractivity contribution in [2.24, 2.45) is 11.8 Å². The third kappa shape index (κ3) is 5.56. The van der Waals surface area contributed by atoms with E-state index in [9.17, 15) is 13.6 Å². The lowest BCUT2D eigenvalue weighted by Gasteiger charge is -2.34. The topological polar surface area (TPSA) is 86.8 Å². The van der Waals surface area contributed by atoms with Gasteiger partial charge in [0.05, 0.1) is 0 Å². The van der Waals surface area contributed by atoms with Gasteiger partial charge in [-0.2, -0.15) is 10.1 Å². The van der Waals surface area contributed by atoms with E-state index in [-0.39, 0.29) is 11.7 Å². The molecule has 0 saturated heterocycles. The van der Waals surface area contributed by atoms with Crippen LogP contribution in [0.4, 0.5) is 26.4 Å². The number of rotatable bonds is 9. The maximum Gasteiger partial charge on any atom is 0.227 e. The fourth-order valence-electron chi connectivity index (χ4n) is 6.20. The second-order valence-electron chi connectivity index (χ2n) is 11.4. The highest BCUT2D eigenvalue weighted by molar-refractivity contribution is 5.79. The van der Waals surface area contributed by atoms with Gasteiger partial charge in [-0.1, -0.05) is 0 Å². The van der Waals surface area contributed by atoms with Gasteiger partial charge in [0.25, 0.3) is 0 Å². The van der Waals surface area contributed by atoms with E-state index < -0.39 is 11.6 Å². The van der Waals surface area contributed by atoms with Crippen LogP contribution in [0.15, 0.2) is 30.5 Å². The van der Waals surface area contributed by atoms with Crippen LogP contribution in [0.2, 0.25) is 0 Å². The predicted octanol–water partition coefficient (Wildman–Crippen LogP) is 5.86. The minimum atomic E-state index is -0.800. The van der Waals surface area contributed by atoms with Crippen LogP contribution < -0.4 is 10.2 Å². The van der Waals surface area contributed by atoms with Gasteiger partial charge < -0.3 is 10.2 Å². The van der Waals surface area contributed by atoms with Crippen molar-refractivity contribution in [1.29, 1.82) is 0 Å². The molecule has 3 aliphatic rings. The second kappa shape index (κ2) is 10.4. The normalized spacial score (nSPS) is 21.3. The van der Waals surface area contributed by atoms with Crippen molar-refractivity contribution >= 4 is 23.4 Å². The average Bonchev–Trinajstić information content (AvgIpc) is 3.54. The third-order valence-corrected chi connectivity index (χ3v) is 8.49. The average molecular weight is 521 g/mol. The van der Waals surface area contributed by atoms with Gasteiger partial charge in [-0.25, -0.2) is 13.8 Å². The molecule has 0 aliphatic heterocycles. The summed E-state index contributed by atoms with van der Waals surface area (Å²) in [5.41, 5.74) is 2.87. The Bertz CT molecular complexity index is 1280. The van der Waals surface area contributed by atoms with Crippen molar-refractivity contribution in [3.8, 4) is 0 Å². The van der Waals surface area contributed by atoms with Gasteiger partial charge in [-0.15, -0.1) is 0 Å². The Morgan fingerprint density at radius 2 is 1.66 bits per heavy atom. The van der Waals surface area contributed by atoms with E-state index in [4.69, 9.17) is 4.98 Å². The van der Waals surface area contributed by atoms with Gasteiger partial charge >= 0.3 is 0 Å². The minimum absolute atomic E-state index is 0.154. The molecule has 38 heavy (non-hydrogen) atoms. The monoisotopic (exact) mass is 520 g/mol. The summed E-state index contributed by atoms with van der Waals surface area (Å²) in [4.78, 5) is 24.2. The van der Waals surface area contributed by atoms with E-state index in [1.165, 1.54) is 30.7 Å². The molecule has 2 heterocycles. The van der Waals surface area contributed by atoms with Gasteiger partial charge in [0.2, 0.25) is 5.95 Å². The molecule has 2 fully saturated rings. The van der Waals surface area contributed by atoms with E-state index in [0.717, 1.165) is 48.4 Å². The first-order valence-corrected chi connectivity index (χ1v) is 13.8. The van der Waals surface area contributed by atoms with Gasteiger partial charge in [0.15, 0.2) is 17.5 Å². The summed E-state index contributed by atoms with van der Waals surface area (Å²) in [7, 11) is 2.04. The van der Waals surface area contributed by atoms with Crippen LogP contribution in [-0.4, -0.2) is 39.0 Å². The van der Waals surface area contributed by atoms with Crippen LogP contribution in [0.5, 0.6) is 0 Å². The number of ketones is 1. The number of aromatic nitrogens is 4. The molecular formula is C29H34F2N6O. The highest BCUT2D eigenvalue weighted by Crippen LogP contribution is 2.40. The van der Waals surface area contributed by atoms with Crippen molar-refractivity contribution < 1.29 is 13.6 Å². The largest absolute Gasteiger partial charge is 0.341 e. The quantitative estimate of drug-likeness (QED) is 0.368. The maximum atomic E-state index is 13.5. The number of carbonyl (C=O) groups excluding carboxylic acids is 1. The lowest BCUT2D eigenvalue weighted by Crippen LogP contribution is -2.36. The summed E-state index contributed by atoms with van der Waals surface area (Å²) in [6, 6.07) is 6.82. The van der Waals surface area contributed by atoms with Gasteiger partial charge in [-0.05, 0) is 92.5 Å². The molecule has 0 spiro atoms. The molecule has 0 amide bonds. The zero-order chi connectivity index (χ0) is 26.2. The molecule has 200 valence electrons. The molecular weight excluding hydrogens is 486 g/mol. The van der Waals surface area contributed by atoms with Gasteiger partial charge in [0, 0.05) is 49.8 Å². The number of hydrogen-bond acceptors (Lipinski definition) is 6. The van der Waals surface area contributed by atoms with Crippen molar-refractivity contribution in [3.05, 3.63) is 58.9 Å². The Morgan fingerprint density at radius 1 is 0.974 bits per heavy atom. The SMILES string of the molecule is CN(c1nccc(Nc2cc(C3CC3)[nH]n2)n1)C1CCC(CC(=O)CC2Cc3cc(F)c(F)cc3C2)CC1. The van der Waals surface area contributed by atoms with Crippen LogP contribution in [0.1, 0.15) is 74.1 Å². The van der Waals surface area contributed by atoms with Crippen molar-refractivity contribution in [3.63, 3.8) is 0 Å². The van der Waals surface area contributed by atoms with Crippen molar-refractivity contribution in [2.45, 2.75) is 76.2 Å². The minimum Gasteiger partial charge on any atom is -0.341 e. The first-order chi connectivity index (χ1) is 18.4. The molecule has 0 radical (unpaired) electrons. The molecule has 0 unspecified atom stereocenters. The molecule has 2 aromatic heterocycles. The van der Waals surface area contributed by atoms with Crippen LogP contribution in [0.25, 0.3) is 0 Å². The number of nitrogens with zero attached hydrogens (tertiary/aromatic N) is 4. The molecule has 3 aromatic rings. The molecule has 1 aromatic carbocycles. The number of hydrogen-bond donors (Lipinski definition) is 2. The highest BCUT2D eigenvalue weighted by atomic mass is 19.2. The summed E-state index contributed by atoms with van der Waals surface area (Å²) in [5.74, 6) is 2.00. The molecule has 0 atom stereocenters. The number of anilines is 3. The van der Waals surface area contributed by atoms with Crippen LogP contribution in [0.3, 0.4) is 0 Å². The third-order valence-electron chi connectivity index (χ3n) is 8.49. The van der Waals surface area contributed by atoms with Crippen LogP contribution >= 0.6 is 0 Å². The van der Waals surface area contributed by atoms with E-state index in [1.807, 2.05) is 13.1 Å². The van der Waals surface area contributed by atoms with Crippen LogP contribution in [0, 0.1) is 23.5 Å². The number of aromatic amines is 1. The lowest BCUT2D eigenvalue weighted by atomic mass is 9.81. The number of Topliss-reactive ketones (excluding diaryl/α,β-unsaturated/α-hetero) is 1.